The van der Waals surface area contributed by atoms with Gasteiger partial charge in [0.25, 0.3) is 11.8 Å². The molecule has 0 unspecified atom stereocenters. The Hall–Kier alpha value is -1.98. The number of anilines is 1. The largest absolute Gasteiger partial charge is 0.403 e. The fraction of sp³-hybridized carbons (Fsp3) is 0.133. The van der Waals surface area contributed by atoms with Crippen LogP contribution in [0.1, 0.15) is 10.4 Å². The molecule has 1 aromatic carbocycles. The molecular formula is C15H12Cl2N4O4S2. The van der Waals surface area contributed by atoms with E-state index in [0.717, 1.165) is 15.6 Å². The SMILES string of the molecule is CN(C)S(=O)(=O)c1ccc(C(=O)Nc2nnc(-c3cc(Cl)sc3Cl)o2)cc1. The maximum Gasteiger partial charge on any atom is 0.322 e. The molecule has 2 heterocycles. The van der Waals surface area contributed by atoms with Gasteiger partial charge in [0.05, 0.1) is 14.8 Å². The van der Waals surface area contributed by atoms with Gasteiger partial charge in [-0.3, -0.25) is 10.1 Å². The zero-order valence-electron chi connectivity index (χ0n) is 13.9. The number of amides is 1. The van der Waals surface area contributed by atoms with Gasteiger partial charge in [-0.05, 0) is 30.3 Å². The number of aromatic nitrogens is 2. The van der Waals surface area contributed by atoms with Crippen molar-refractivity contribution in [2.45, 2.75) is 4.90 Å². The fourth-order valence-corrected chi connectivity index (χ4v) is 4.38. The highest BCUT2D eigenvalue weighted by Crippen LogP contribution is 2.37. The summed E-state index contributed by atoms with van der Waals surface area (Å²) in [6.07, 6.45) is 0. The predicted molar refractivity (Wildman–Crippen MR) is 103 cm³/mol. The molecule has 2 aromatic heterocycles. The molecule has 3 rings (SSSR count). The number of rotatable bonds is 5. The van der Waals surface area contributed by atoms with Gasteiger partial charge in [-0.1, -0.05) is 28.3 Å². The normalized spacial score (nSPS) is 11.7. The van der Waals surface area contributed by atoms with Crippen LogP contribution >= 0.6 is 34.5 Å². The van der Waals surface area contributed by atoms with Crippen LogP contribution in [0.25, 0.3) is 11.5 Å². The lowest BCUT2D eigenvalue weighted by Crippen LogP contribution is -2.22. The Morgan fingerprint density at radius 1 is 1.19 bits per heavy atom. The van der Waals surface area contributed by atoms with Crippen molar-refractivity contribution in [2.24, 2.45) is 0 Å². The minimum Gasteiger partial charge on any atom is -0.403 e. The van der Waals surface area contributed by atoms with Gasteiger partial charge in [0, 0.05) is 19.7 Å². The first-order valence-electron chi connectivity index (χ1n) is 7.31. The number of carbonyl (C=O) groups is 1. The third-order valence-electron chi connectivity index (χ3n) is 3.43. The van der Waals surface area contributed by atoms with Crippen molar-refractivity contribution < 1.29 is 17.6 Å². The van der Waals surface area contributed by atoms with E-state index in [0.29, 0.717) is 14.2 Å². The third kappa shape index (κ3) is 4.14. The van der Waals surface area contributed by atoms with Crippen LogP contribution < -0.4 is 5.32 Å². The summed E-state index contributed by atoms with van der Waals surface area (Å²) in [4.78, 5) is 12.4. The number of hydrogen-bond acceptors (Lipinski definition) is 7. The van der Waals surface area contributed by atoms with E-state index in [-0.39, 0.29) is 22.4 Å². The zero-order chi connectivity index (χ0) is 19.8. The van der Waals surface area contributed by atoms with Gasteiger partial charge in [0.15, 0.2) is 0 Å². The van der Waals surface area contributed by atoms with E-state index >= 15 is 0 Å². The Kier molecular flexibility index (Phi) is 5.54. The summed E-state index contributed by atoms with van der Waals surface area (Å²) in [5.74, 6) is -0.417. The molecule has 0 atom stereocenters. The molecule has 3 aromatic rings. The Balaban J connectivity index is 1.76. The van der Waals surface area contributed by atoms with Crippen LogP contribution in [0.3, 0.4) is 0 Å². The predicted octanol–water partition coefficient (Wildman–Crippen LogP) is 3.61. The maximum absolute atomic E-state index is 12.3. The van der Waals surface area contributed by atoms with Gasteiger partial charge >= 0.3 is 6.01 Å². The molecule has 27 heavy (non-hydrogen) atoms. The summed E-state index contributed by atoms with van der Waals surface area (Å²) >= 11 is 13.1. The highest BCUT2D eigenvalue weighted by atomic mass is 35.5. The van der Waals surface area contributed by atoms with E-state index in [1.807, 2.05) is 0 Å². The number of halogens is 2. The van der Waals surface area contributed by atoms with Crippen LogP contribution in [-0.2, 0) is 10.0 Å². The van der Waals surface area contributed by atoms with Crippen molar-refractivity contribution >= 4 is 56.5 Å². The number of carbonyl (C=O) groups excluding carboxylic acids is 1. The molecule has 142 valence electrons. The number of nitrogens with zero attached hydrogens (tertiary/aromatic N) is 3. The number of hydrogen-bond donors (Lipinski definition) is 1. The first-order chi connectivity index (χ1) is 12.7. The highest BCUT2D eigenvalue weighted by Gasteiger charge is 2.19. The lowest BCUT2D eigenvalue weighted by atomic mass is 10.2. The van der Waals surface area contributed by atoms with E-state index in [2.05, 4.69) is 15.5 Å². The number of sulfonamides is 1. The van der Waals surface area contributed by atoms with Crippen LogP contribution in [0.15, 0.2) is 39.6 Å². The second-order valence-corrected chi connectivity index (χ2v) is 9.85. The van der Waals surface area contributed by atoms with Crippen LogP contribution in [0, 0.1) is 0 Å². The Morgan fingerprint density at radius 3 is 2.41 bits per heavy atom. The van der Waals surface area contributed by atoms with Gasteiger partial charge < -0.3 is 4.42 Å². The molecule has 1 amide bonds. The van der Waals surface area contributed by atoms with Gasteiger partial charge in [-0.2, -0.15) is 0 Å². The number of benzene rings is 1. The van der Waals surface area contributed by atoms with Crippen molar-refractivity contribution in [3.63, 3.8) is 0 Å². The van der Waals surface area contributed by atoms with Crippen molar-refractivity contribution in [2.75, 3.05) is 19.4 Å². The van der Waals surface area contributed by atoms with Crippen LogP contribution in [0.5, 0.6) is 0 Å². The Labute approximate surface area is 168 Å². The minimum absolute atomic E-state index is 0.0769. The van der Waals surface area contributed by atoms with Gasteiger partial charge in [-0.25, -0.2) is 12.7 Å². The summed E-state index contributed by atoms with van der Waals surface area (Å²) in [6, 6.07) is 6.92. The van der Waals surface area contributed by atoms with Crippen LogP contribution in [0.4, 0.5) is 6.01 Å². The smallest absolute Gasteiger partial charge is 0.322 e. The topological polar surface area (TPSA) is 105 Å². The van der Waals surface area contributed by atoms with E-state index in [9.17, 15) is 13.2 Å². The summed E-state index contributed by atoms with van der Waals surface area (Å²) < 4.78 is 31.4. The summed E-state index contributed by atoms with van der Waals surface area (Å²) in [7, 11) is -0.716. The van der Waals surface area contributed by atoms with Crippen molar-refractivity contribution in [3.05, 3.63) is 44.6 Å². The van der Waals surface area contributed by atoms with Crippen molar-refractivity contribution in [1.29, 1.82) is 0 Å². The molecule has 0 bridgehead atoms. The summed E-state index contributed by atoms with van der Waals surface area (Å²) in [5.41, 5.74) is 0.696. The minimum atomic E-state index is -3.57. The standard InChI is InChI=1S/C15H12Cl2N4O4S2/c1-21(2)27(23,24)9-5-3-8(4-6-9)13(22)18-15-20-19-14(25-15)10-7-11(16)26-12(10)17/h3-7H,1-2H3,(H,18,20,22). The van der Waals surface area contributed by atoms with Crippen LogP contribution in [-0.4, -0.2) is 42.9 Å². The van der Waals surface area contributed by atoms with E-state index in [1.54, 1.807) is 6.07 Å². The summed E-state index contributed by atoms with van der Waals surface area (Å²) in [5, 5.41) is 10.0. The second-order valence-electron chi connectivity index (χ2n) is 5.42. The van der Waals surface area contributed by atoms with E-state index in [4.69, 9.17) is 27.6 Å². The second kappa shape index (κ2) is 7.56. The van der Waals surface area contributed by atoms with Gasteiger partial charge in [-0.15, -0.1) is 16.4 Å². The lowest BCUT2D eigenvalue weighted by Gasteiger charge is -2.11. The number of nitrogens with one attached hydrogen (secondary N) is 1. The van der Waals surface area contributed by atoms with E-state index in [1.165, 1.54) is 38.4 Å². The lowest BCUT2D eigenvalue weighted by molar-refractivity contribution is 0.102. The van der Waals surface area contributed by atoms with Crippen molar-refractivity contribution in [1.82, 2.24) is 14.5 Å². The Morgan fingerprint density at radius 2 is 1.85 bits per heavy atom. The molecule has 0 fully saturated rings. The molecule has 0 aliphatic carbocycles. The average Bonchev–Trinajstić information content (AvgIpc) is 3.20. The first-order valence-corrected chi connectivity index (χ1v) is 10.3. The molecule has 0 saturated carbocycles. The maximum atomic E-state index is 12.3. The first kappa shape index (κ1) is 19.8. The quantitative estimate of drug-likeness (QED) is 0.641. The van der Waals surface area contributed by atoms with Crippen LogP contribution in [0.2, 0.25) is 8.67 Å². The summed E-state index contributed by atoms with van der Waals surface area (Å²) in [6.45, 7) is 0. The molecule has 0 radical (unpaired) electrons. The molecule has 0 spiro atoms. The zero-order valence-corrected chi connectivity index (χ0v) is 17.1. The third-order valence-corrected chi connectivity index (χ3v) is 6.74. The molecular weight excluding hydrogens is 435 g/mol. The van der Waals surface area contributed by atoms with Gasteiger partial charge in [0.1, 0.15) is 4.34 Å². The van der Waals surface area contributed by atoms with Crippen molar-refractivity contribution in [3.8, 4) is 11.5 Å². The molecule has 0 aliphatic heterocycles. The monoisotopic (exact) mass is 446 g/mol. The van der Waals surface area contributed by atoms with E-state index < -0.39 is 15.9 Å². The molecule has 12 heteroatoms. The van der Waals surface area contributed by atoms with Gasteiger partial charge in [0.2, 0.25) is 10.0 Å². The highest BCUT2D eigenvalue weighted by molar-refractivity contribution is 7.89. The molecule has 0 aliphatic rings. The Bertz CT molecular complexity index is 1090. The average molecular weight is 447 g/mol. The molecule has 1 N–H and O–H groups in total. The molecule has 8 nitrogen and oxygen atoms in total. The number of thiophene rings is 1. The fourth-order valence-electron chi connectivity index (χ4n) is 2.03. The molecule has 0 saturated heterocycles.